The number of nitrogens with two attached hydrogens (primary N) is 1. The fourth-order valence-corrected chi connectivity index (χ4v) is 1.75. The first-order chi connectivity index (χ1) is 7.68. The lowest BCUT2D eigenvalue weighted by Crippen LogP contribution is -2.05. The first kappa shape index (κ1) is 10.8. The quantitative estimate of drug-likeness (QED) is 0.830. The van der Waals surface area contributed by atoms with E-state index in [-0.39, 0.29) is 6.04 Å². The molecule has 0 aliphatic carbocycles. The maximum absolute atomic E-state index is 5.86. The van der Waals surface area contributed by atoms with Crippen LogP contribution in [0.25, 0.3) is 11.1 Å². The van der Waals surface area contributed by atoms with Gasteiger partial charge in [-0.15, -0.1) is 0 Å². The highest BCUT2D eigenvalue weighted by molar-refractivity contribution is 5.66. The highest BCUT2D eigenvalue weighted by Crippen LogP contribution is 2.24. The molecule has 0 fully saturated rings. The molecule has 2 nitrogen and oxygen atoms in total. The molecule has 82 valence electrons. The molecule has 2 heteroatoms. The fourth-order valence-electron chi connectivity index (χ4n) is 1.75. The van der Waals surface area contributed by atoms with Crippen LogP contribution in [0.1, 0.15) is 24.1 Å². The average Bonchev–Trinajstić information content (AvgIpc) is 2.30. The van der Waals surface area contributed by atoms with E-state index in [9.17, 15) is 0 Å². The lowest BCUT2D eigenvalue weighted by Gasteiger charge is -2.09. The topological polar surface area (TPSA) is 38.9 Å². The summed E-state index contributed by atoms with van der Waals surface area (Å²) in [6.07, 6.45) is 3.71. The maximum atomic E-state index is 5.86. The van der Waals surface area contributed by atoms with Gasteiger partial charge in [-0.3, -0.25) is 4.98 Å². The van der Waals surface area contributed by atoms with Gasteiger partial charge < -0.3 is 5.73 Å². The molecule has 0 aliphatic heterocycles. The van der Waals surface area contributed by atoms with Crippen LogP contribution >= 0.6 is 0 Å². The Bertz CT molecular complexity index is 490. The standard InChI is InChI=1S/C14H16N2/c1-10-5-3-4-6-14(10)13-7-12(11(2)15)8-16-9-13/h3-9,11H,15H2,1-2H3. The number of hydrogen-bond acceptors (Lipinski definition) is 2. The predicted octanol–water partition coefficient (Wildman–Crippen LogP) is 3.08. The smallest absolute Gasteiger partial charge is 0.0346 e. The van der Waals surface area contributed by atoms with E-state index in [0.29, 0.717) is 0 Å². The largest absolute Gasteiger partial charge is 0.324 e. The molecule has 0 saturated carbocycles. The van der Waals surface area contributed by atoms with Crippen molar-refractivity contribution in [3.63, 3.8) is 0 Å². The molecule has 0 saturated heterocycles. The monoisotopic (exact) mass is 212 g/mol. The van der Waals surface area contributed by atoms with Crippen molar-refractivity contribution in [1.29, 1.82) is 0 Å². The zero-order valence-electron chi connectivity index (χ0n) is 9.64. The van der Waals surface area contributed by atoms with Gasteiger partial charge in [-0.2, -0.15) is 0 Å². The Morgan fingerprint density at radius 3 is 2.62 bits per heavy atom. The van der Waals surface area contributed by atoms with Gasteiger partial charge in [-0.1, -0.05) is 24.3 Å². The van der Waals surface area contributed by atoms with Gasteiger partial charge in [0.1, 0.15) is 0 Å². The minimum absolute atomic E-state index is 0.0245. The first-order valence-corrected chi connectivity index (χ1v) is 5.45. The van der Waals surface area contributed by atoms with E-state index >= 15 is 0 Å². The zero-order valence-corrected chi connectivity index (χ0v) is 9.64. The van der Waals surface area contributed by atoms with Crippen LogP contribution in [0.3, 0.4) is 0 Å². The summed E-state index contributed by atoms with van der Waals surface area (Å²) in [5.74, 6) is 0. The second-order valence-corrected chi connectivity index (χ2v) is 4.11. The lowest BCUT2D eigenvalue weighted by atomic mass is 10.00. The molecule has 1 heterocycles. The van der Waals surface area contributed by atoms with Crippen LogP contribution < -0.4 is 5.73 Å². The lowest BCUT2D eigenvalue weighted by molar-refractivity contribution is 0.812. The van der Waals surface area contributed by atoms with Crippen LogP contribution in [0.4, 0.5) is 0 Å². The van der Waals surface area contributed by atoms with Crippen LogP contribution in [-0.4, -0.2) is 4.98 Å². The minimum Gasteiger partial charge on any atom is -0.324 e. The second-order valence-electron chi connectivity index (χ2n) is 4.11. The second kappa shape index (κ2) is 4.45. The Labute approximate surface area is 96.1 Å². The Hall–Kier alpha value is -1.67. The van der Waals surface area contributed by atoms with Gasteiger partial charge in [0.25, 0.3) is 0 Å². The summed E-state index contributed by atoms with van der Waals surface area (Å²) in [5.41, 5.74) is 10.5. The van der Waals surface area contributed by atoms with E-state index in [2.05, 4.69) is 30.1 Å². The highest BCUT2D eigenvalue weighted by atomic mass is 14.7. The summed E-state index contributed by atoms with van der Waals surface area (Å²) >= 11 is 0. The number of benzene rings is 1. The number of aryl methyl sites for hydroxylation is 1. The fraction of sp³-hybridized carbons (Fsp3) is 0.214. The van der Waals surface area contributed by atoms with Gasteiger partial charge in [0.2, 0.25) is 0 Å². The van der Waals surface area contributed by atoms with Gasteiger partial charge in [0, 0.05) is 24.0 Å². The Balaban J connectivity index is 2.49. The number of hydrogen-bond donors (Lipinski definition) is 1. The Morgan fingerprint density at radius 1 is 1.19 bits per heavy atom. The molecule has 0 spiro atoms. The van der Waals surface area contributed by atoms with Gasteiger partial charge >= 0.3 is 0 Å². The molecule has 1 aromatic carbocycles. The summed E-state index contributed by atoms with van der Waals surface area (Å²) in [7, 11) is 0. The van der Waals surface area contributed by atoms with Crippen LogP contribution in [0, 0.1) is 6.92 Å². The summed E-state index contributed by atoms with van der Waals surface area (Å²) in [4.78, 5) is 4.24. The molecule has 2 N–H and O–H groups in total. The van der Waals surface area contributed by atoms with E-state index < -0.39 is 0 Å². The summed E-state index contributed by atoms with van der Waals surface area (Å²) < 4.78 is 0. The van der Waals surface area contributed by atoms with E-state index in [1.807, 2.05) is 31.5 Å². The number of nitrogens with zero attached hydrogens (tertiary/aromatic N) is 1. The minimum atomic E-state index is 0.0245. The summed E-state index contributed by atoms with van der Waals surface area (Å²) in [6, 6.07) is 10.4. The third kappa shape index (κ3) is 2.12. The van der Waals surface area contributed by atoms with Crippen molar-refractivity contribution in [2.24, 2.45) is 5.73 Å². The van der Waals surface area contributed by atoms with Crippen LogP contribution in [-0.2, 0) is 0 Å². The molecular weight excluding hydrogens is 196 g/mol. The molecule has 2 aromatic rings. The molecule has 0 aliphatic rings. The SMILES string of the molecule is Cc1ccccc1-c1cncc(C(C)N)c1. The van der Waals surface area contributed by atoms with Gasteiger partial charge in [-0.05, 0) is 36.6 Å². The number of pyridine rings is 1. The first-order valence-electron chi connectivity index (χ1n) is 5.45. The van der Waals surface area contributed by atoms with Crippen LogP contribution in [0.15, 0.2) is 42.7 Å². The summed E-state index contributed by atoms with van der Waals surface area (Å²) in [5, 5.41) is 0. The van der Waals surface area contributed by atoms with Gasteiger partial charge in [0.15, 0.2) is 0 Å². The van der Waals surface area contributed by atoms with Crippen LogP contribution in [0.2, 0.25) is 0 Å². The zero-order chi connectivity index (χ0) is 11.5. The molecule has 0 bridgehead atoms. The third-order valence-corrected chi connectivity index (χ3v) is 2.74. The maximum Gasteiger partial charge on any atom is 0.0346 e. The molecule has 1 aromatic heterocycles. The van der Waals surface area contributed by atoms with Crippen molar-refractivity contribution < 1.29 is 0 Å². The molecule has 1 atom stereocenters. The van der Waals surface area contributed by atoms with Crippen molar-refractivity contribution in [2.45, 2.75) is 19.9 Å². The number of aromatic nitrogens is 1. The van der Waals surface area contributed by atoms with Crippen molar-refractivity contribution in [3.8, 4) is 11.1 Å². The van der Waals surface area contributed by atoms with Crippen molar-refractivity contribution in [1.82, 2.24) is 4.98 Å². The molecule has 2 rings (SSSR count). The molecular formula is C14H16N2. The molecule has 0 radical (unpaired) electrons. The molecule has 0 amide bonds. The number of rotatable bonds is 2. The van der Waals surface area contributed by atoms with Gasteiger partial charge in [0.05, 0.1) is 0 Å². The van der Waals surface area contributed by atoms with E-state index in [1.54, 1.807) is 0 Å². The Morgan fingerprint density at radius 2 is 1.94 bits per heavy atom. The van der Waals surface area contributed by atoms with Gasteiger partial charge in [-0.25, -0.2) is 0 Å². The van der Waals surface area contributed by atoms with Crippen molar-refractivity contribution in [3.05, 3.63) is 53.9 Å². The molecule has 16 heavy (non-hydrogen) atoms. The highest BCUT2D eigenvalue weighted by Gasteiger charge is 2.04. The Kier molecular flexibility index (Phi) is 3.02. The normalized spacial score (nSPS) is 12.4. The summed E-state index contributed by atoms with van der Waals surface area (Å²) in [6.45, 7) is 4.08. The predicted molar refractivity (Wildman–Crippen MR) is 67.0 cm³/mol. The van der Waals surface area contributed by atoms with Crippen molar-refractivity contribution in [2.75, 3.05) is 0 Å². The van der Waals surface area contributed by atoms with Crippen LogP contribution in [0.5, 0.6) is 0 Å². The third-order valence-electron chi connectivity index (χ3n) is 2.74. The van der Waals surface area contributed by atoms with E-state index in [1.165, 1.54) is 11.1 Å². The molecule has 1 unspecified atom stereocenters. The van der Waals surface area contributed by atoms with Crippen molar-refractivity contribution >= 4 is 0 Å². The van der Waals surface area contributed by atoms with E-state index in [4.69, 9.17) is 5.73 Å². The average molecular weight is 212 g/mol. The van der Waals surface area contributed by atoms with E-state index in [0.717, 1.165) is 11.1 Å².